The van der Waals surface area contributed by atoms with Crippen molar-refractivity contribution in [1.29, 1.82) is 0 Å². The second-order valence-corrected chi connectivity index (χ2v) is 9.08. The normalized spacial score (nSPS) is 18.9. The third-order valence-corrected chi connectivity index (χ3v) is 7.19. The lowest BCUT2D eigenvalue weighted by molar-refractivity contribution is 0.0449. The molecule has 1 aromatic heterocycles. The van der Waals surface area contributed by atoms with Gasteiger partial charge in [0.1, 0.15) is 0 Å². The van der Waals surface area contributed by atoms with Gasteiger partial charge in [-0.2, -0.15) is 0 Å². The van der Waals surface area contributed by atoms with Crippen molar-refractivity contribution in [3.63, 3.8) is 0 Å². The predicted molar refractivity (Wildman–Crippen MR) is 116 cm³/mol. The Morgan fingerprint density at radius 1 is 0.967 bits per heavy atom. The lowest BCUT2D eigenvalue weighted by Gasteiger charge is -2.33. The summed E-state index contributed by atoms with van der Waals surface area (Å²) in [6.45, 7) is 2.24. The topological polar surface area (TPSA) is 73.7 Å². The molecule has 0 bridgehead atoms. The second-order valence-electron chi connectivity index (χ2n) is 8.02. The number of carbonyl (C=O) groups excluding carboxylic acids is 2. The lowest BCUT2D eigenvalue weighted by atomic mass is 9.97. The van der Waals surface area contributed by atoms with Crippen molar-refractivity contribution in [2.45, 2.75) is 24.9 Å². The van der Waals surface area contributed by atoms with Gasteiger partial charge < -0.3 is 10.0 Å². The van der Waals surface area contributed by atoms with Gasteiger partial charge in [-0.25, -0.2) is 4.98 Å². The molecule has 3 aromatic rings. The molecule has 0 spiro atoms. The molecule has 154 valence electrons. The summed E-state index contributed by atoms with van der Waals surface area (Å²) in [5.74, 6) is -0.180. The highest BCUT2D eigenvalue weighted by molar-refractivity contribution is 7.18. The van der Waals surface area contributed by atoms with Crippen LogP contribution in [0, 0.1) is 0 Å². The van der Waals surface area contributed by atoms with Crippen molar-refractivity contribution in [2.75, 3.05) is 26.2 Å². The van der Waals surface area contributed by atoms with Crippen molar-refractivity contribution in [1.82, 2.24) is 14.8 Å². The van der Waals surface area contributed by atoms with Gasteiger partial charge in [-0.3, -0.25) is 14.5 Å². The molecule has 0 aliphatic carbocycles. The fraction of sp³-hybridized carbons (Fsp3) is 0.348. The molecule has 6 nitrogen and oxygen atoms in total. The number of aliphatic hydroxyl groups excluding tert-OH is 1. The van der Waals surface area contributed by atoms with Crippen LogP contribution in [-0.2, 0) is 0 Å². The minimum Gasteiger partial charge on any atom is -0.390 e. The quantitative estimate of drug-likeness (QED) is 0.641. The number of likely N-dealkylation sites (tertiary alicyclic amines) is 1. The first-order chi connectivity index (χ1) is 14.6. The number of amides is 2. The summed E-state index contributed by atoms with van der Waals surface area (Å²) in [7, 11) is 0. The zero-order valence-electron chi connectivity index (χ0n) is 16.5. The lowest BCUT2D eigenvalue weighted by Crippen LogP contribution is -2.44. The predicted octanol–water partition coefficient (Wildman–Crippen LogP) is 3.13. The Bertz CT molecular complexity index is 1040. The van der Waals surface area contributed by atoms with Gasteiger partial charge in [-0.1, -0.05) is 24.3 Å². The average Bonchev–Trinajstić information content (AvgIpc) is 3.30. The van der Waals surface area contributed by atoms with Crippen LogP contribution in [0.2, 0.25) is 0 Å². The van der Waals surface area contributed by atoms with E-state index in [0.717, 1.165) is 31.4 Å². The Labute approximate surface area is 178 Å². The number of hydrogen-bond donors (Lipinski definition) is 1. The Balaban J connectivity index is 1.16. The molecule has 2 aliphatic heterocycles. The first kappa shape index (κ1) is 19.4. The molecule has 1 unspecified atom stereocenters. The van der Waals surface area contributed by atoms with Crippen LogP contribution in [0.15, 0.2) is 48.5 Å². The number of rotatable bonds is 5. The van der Waals surface area contributed by atoms with Gasteiger partial charge in [0.15, 0.2) is 0 Å². The molecule has 1 saturated heterocycles. The van der Waals surface area contributed by atoms with E-state index >= 15 is 0 Å². The first-order valence-corrected chi connectivity index (χ1v) is 11.1. The van der Waals surface area contributed by atoms with Crippen LogP contribution in [0.4, 0.5) is 0 Å². The van der Waals surface area contributed by atoms with Crippen LogP contribution in [-0.4, -0.2) is 64.0 Å². The van der Waals surface area contributed by atoms with Crippen LogP contribution in [0.25, 0.3) is 10.2 Å². The molecule has 1 atom stereocenters. The van der Waals surface area contributed by atoms with Gasteiger partial charge in [0.05, 0.1) is 39.0 Å². The molecule has 2 amide bonds. The van der Waals surface area contributed by atoms with E-state index in [0.29, 0.717) is 23.6 Å². The molecule has 1 fully saturated rings. The number of aliphatic hydroxyl groups is 1. The highest BCUT2D eigenvalue weighted by Crippen LogP contribution is 2.33. The number of β-amino-alcohol motifs (C(OH)–C–C–N with tert-alkyl or cyclic N) is 1. The largest absolute Gasteiger partial charge is 0.390 e. The van der Waals surface area contributed by atoms with Gasteiger partial charge in [-0.05, 0) is 50.2 Å². The smallest absolute Gasteiger partial charge is 0.261 e. The number of nitrogens with zero attached hydrogens (tertiary/aromatic N) is 3. The van der Waals surface area contributed by atoms with Gasteiger partial charge in [-0.15, -0.1) is 11.3 Å². The summed E-state index contributed by atoms with van der Waals surface area (Å²) in [6, 6.07) is 15.1. The van der Waals surface area contributed by atoms with Crippen LogP contribution in [0.3, 0.4) is 0 Å². The highest BCUT2D eigenvalue weighted by Gasteiger charge is 2.36. The number of hydrogen-bond acceptors (Lipinski definition) is 6. The summed E-state index contributed by atoms with van der Waals surface area (Å²) < 4.78 is 1.23. The molecule has 2 aromatic carbocycles. The number of imide groups is 1. The monoisotopic (exact) mass is 421 g/mol. The van der Waals surface area contributed by atoms with Crippen LogP contribution < -0.4 is 0 Å². The Hall–Kier alpha value is -2.61. The van der Waals surface area contributed by atoms with E-state index in [1.54, 1.807) is 35.6 Å². The SMILES string of the molecule is O=C1c2ccccc2C(=O)N1CC(O)CN1CCC(c2nc3ccccc3s2)CC1. The van der Waals surface area contributed by atoms with Crippen LogP contribution in [0.5, 0.6) is 0 Å². The van der Waals surface area contributed by atoms with E-state index in [9.17, 15) is 14.7 Å². The van der Waals surface area contributed by atoms with Gasteiger partial charge in [0.25, 0.3) is 11.8 Å². The summed E-state index contributed by atoms with van der Waals surface area (Å²) in [6.07, 6.45) is 1.24. The summed E-state index contributed by atoms with van der Waals surface area (Å²) in [5, 5.41) is 11.8. The summed E-state index contributed by atoms with van der Waals surface area (Å²) in [5.41, 5.74) is 1.91. The fourth-order valence-electron chi connectivity index (χ4n) is 4.40. The third kappa shape index (κ3) is 3.53. The van der Waals surface area contributed by atoms with E-state index in [4.69, 9.17) is 4.98 Å². The van der Waals surface area contributed by atoms with Crippen molar-refractivity contribution in [3.8, 4) is 0 Å². The minimum absolute atomic E-state index is 0.0319. The van der Waals surface area contributed by atoms with Gasteiger partial charge in [0.2, 0.25) is 0 Å². The number of para-hydroxylation sites is 1. The standard InChI is InChI=1S/C23H23N3O3S/c27-16(14-26-22(28)17-5-1-2-6-18(17)23(26)29)13-25-11-9-15(10-12-25)21-24-19-7-3-4-8-20(19)30-21/h1-8,15-16,27H,9-14H2. The van der Waals surface area contributed by atoms with E-state index in [-0.39, 0.29) is 18.4 Å². The number of fused-ring (bicyclic) bond motifs is 2. The summed E-state index contributed by atoms with van der Waals surface area (Å²) in [4.78, 5) is 33.1. The zero-order chi connectivity index (χ0) is 20.7. The highest BCUT2D eigenvalue weighted by atomic mass is 32.1. The molecule has 1 N–H and O–H groups in total. The Morgan fingerprint density at radius 3 is 2.27 bits per heavy atom. The molecule has 30 heavy (non-hydrogen) atoms. The molecule has 0 saturated carbocycles. The fourth-order valence-corrected chi connectivity index (χ4v) is 5.54. The Morgan fingerprint density at radius 2 is 1.60 bits per heavy atom. The summed E-state index contributed by atoms with van der Waals surface area (Å²) >= 11 is 1.77. The van der Waals surface area contributed by atoms with E-state index < -0.39 is 6.10 Å². The molecule has 2 aliphatic rings. The molecular weight excluding hydrogens is 398 g/mol. The van der Waals surface area contributed by atoms with E-state index in [1.807, 2.05) is 12.1 Å². The Kier molecular flexibility index (Phi) is 5.10. The van der Waals surface area contributed by atoms with Crippen LogP contribution in [0.1, 0.15) is 44.5 Å². The molecule has 3 heterocycles. The molecular formula is C23H23N3O3S. The van der Waals surface area contributed by atoms with Gasteiger partial charge in [0, 0.05) is 12.5 Å². The van der Waals surface area contributed by atoms with Crippen molar-refractivity contribution >= 4 is 33.4 Å². The van der Waals surface area contributed by atoms with E-state index in [1.165, 1.54) is 14.6 Å². The molecule has 0 radical (unpaired) electrons. The number of aromatic nitrogens is 1. The number of carbonyl (C=O) groups is 2. The van der Waals surface area contributed by atoms with E-state index in [2.05, 4.69) is 17.0 Å². The number of thiazole rings is 1. The van der Waals surface area contributed by atoms with Gasteiger partial charge >= 0.3 is 0 Å². The zero-order valence-corrected chi connectivity index (χ0v) is 17.3. The maximum absolute atomic E-state index is 12.5. The average molecular weight is 422 g/mol. The number of benzene rings is 2. The van der Waals surface area contributed by atoms with Crippen molar-refractivity contribution in [3.05, 3.63) is 64.7 Å². The van der Waals surface area contributed by atoms with Crippen molar-refractivity contribution < 1.29 is 14.7 Å². The second kappa shape index (κ2) is 7.91. The first-order valence-electron chi connectivity index (χ1n) is 10.3. The maximum Gasteiger partial charge on any atom is 0.261 e. The molecule has 5 rings (SSSR count). The minimum atomic E-state index is -0.758. The maximum atomic E-state index is 12.5. The number of piperidine rings is 1. The van der Waals surface area contributed by atoms with Crippen LogP contribution >= 0.6 is 11.3 Å². The third-order valence-electron chi connectivity index (χ3n) is 5.99. The molecule has 7 heteroatoms. The van der Waals surface area contributed by atoms with Crippen molar-refractivity contribution in [2.24, 2.45) is 0 Å².